The van der Waals surface area contributed by atoms with Gasteiger partial charge in [0.15, 0.2) is 5.82 Å². The number of thioether (sulfide) groups is 1. The highest BCUT2D eigenvalue weighted by molar-refractivity contribution is 7.97. The van der Waals surface area contributed by atoms with Crippen LogP contribution in [0.3, 0.4) is 0 Å². The lowest BCUT2D eigenvalue weighted by Crippen LogP contribution is -2.44. The molecule has 1 fully saturated rings. The van der Waals surface area contributed by atoms with Crippen molar-refractivity contribution < 1.29 is 4.52 Å². The smallest absolute Gasteiger partial charge is 0.236 e. The van der Waals surface area contributed by atoms with E-state index in [4.69, 9.17) is 4.52 Å². The van der Waals surface area contributed by atoms with E-state index >= 15 is 0 Å². The van der Waals surface area contributed by atoms with E-state index in [0.717, 1.165) is 37.0 Å². The minimum atomic E-state index is 0.216. The molecule has 2 aromatic rings. The maximum atomic E-state index is 5.39. The lowest BCUT2D eigenvalue weighted by Gasteiger charge is -2.30. The number of likely N-dealkylation sites (N-methyl/N-ethyl adjacent to an activating group) is 1. The molecule has 1 aromatic heterocycles. The Balaban J connectivity index is 1.53. The first kappa shape index (κ1) is 15.5. The number of hydrogen-bond donors (Lipinski definition) is 1. The summed E-state index contributed by atoms with van der Waals surface area (Å²) < 4.78 is 5.39. The first-order valence-electron chi connectivity index (χ1n) is 7.59. The van der Waals surface area contributed by atoms with Crippen molar-refractivity contribution >= 4 is 11.8 Å². The molecule has 1 aliphatic rings. The summed E-state index contributed by atoms with van der Waals surface area (Å²) in [6, 6.07) is 8.80. The van der Waals surface area contributed by atoms with Gasteiger partial charge in [0.1, 0.15) is 0 Å². The fraction of sp³-hybridized carbons (Fsp3) is 0.500. The molecule has 0 bridgehead atoms. The third kappa shape index (κ3) is 3.88. The van der Waals surface area contributed by atoms with Gasteiger partial charge in [0.25, 0.3) is 0 Å². The maximum Gasteiger partial charge on any atom is 0.236 e. The van der Waals surface area contributed by atoms with E-state index < -0.39 is 0 Å². The van der Waals surface area contributed by atoms with E-state index in [1.54, 1.807) is 11.8 Å². The SMILES string of the molecule is Cc1cccc(CSCc2nc(C3CNCCN3C)no2)c1. The summed E-state index contributed by atoms with van der Waals surface area (Å²) in [5, 5.41) is 7.52. The zero-order valence-electron chi connectivity index (χ0n) is 13.1. The van der Waals surface area contributed by atoms with Crippen LogP contribution in [-0.4, -0.2) is 41.7 Å². The van der Waals surface area contributed by atoms with Crippen molar-refractivity contribution in [2.45, 2.75) is 24.5 Å². The summed E-state index contributed by atoms with van der Waals surface area (Å²) in [6.45, 7) is 5.03. The standard InChI is InChI=1S/C16H22N4OS/c1-12-4-3-5-13(8-12)10-22-11-15-18-16(19-21-15)14-9-17-6-7-20(14)2/h3-5,8,14,17H,6-7,9-11H2,1-2H3. The van der Waals surface area contributed by atoms with Crippen molar-refractivity contribution in [1.82, 2.24) is 20.4 Å². The van der Waals surface area contributed by atoms with E-state index in [-0.39, 0.29) is 6.04 Å². The first-order valence-corrected chi connectivity index (χ1v) is 8.74. The second-order valence-electron chi connectivity index (χ2n) is 5.73. The fourth-order valence-electron chi connectivity index (χ4n) is 2.61. The highest BCUT2D eigenvalue weighted by Crippen LogP contribution is 2.21. The Labute approximate surface area is 135 Å². The van der Waals surface area contributed by atoms with Gasteiger partial charge in [-0.25, -0.2) is 0 Å². The van der Waals surface area contributed by atoms with E-state index in [0.29, 0.717) is 5.89 Å². The number of nitrogens with one attached hydrogen (secondary N) is 1. The Bertz CT molecular complexity index is 616. The van der Waals surface area contributed by atoms with Gasteiger partial charge in [-0.1, -0.05) is 35.0 Å². The number of benzene rings is 1. The predicted octanol–water partition coefficient (Wildman–Crippen LogP) is 2.39. The molecule has 0 aliphatic carbocycles. The van der Waals surface area contributed by atoms with Gasteiger partial charge in [0, 0.05) is 25.4 Å². The Morgan fingerprint density at radius 1 is 1.41 bits per heavy atom. The van der Waals surface area contributed by atoms with Gasteiger partial charge in [-0.2, -0.15) is 4.98 Å². The van der Waals surface area contributed by atoms with Crippen LogP contribution in [0.4, 0.5) is 0 Å². The predicted molar refractivity (Wildman–Crippen MR) is 88.7 cm³/mol. The molecule has 2 heterocycles. The third-order valence-electron chi connectivity index (χ3n) is 3.87. The van der Waals surface area contributed by atoms with E-state index in [1.165, 1.54) is 11.1 Å². The van der Waals surface area contributed by atoms with E-state index in [9.17, 15) is 0 Å². The van der Waals surface area contributed by atoms with Crippen molar-refractivity contribution in [3.8, 4) is 0 Å². The molecule has 0 spiro atoms. The molecule has 3 rings (SSSR count). The normalized spacial score (nSPS) is 19.5. The fourth-order valence-corrected chi connectivity index (χ4v) is 3.42. The molecule has 6 heteroatoms. The average Bonchev–Trinajstić information content (AvgIpc) is 2.96. The number of nitrogens with zero attached hydrogens (tertiary/aromatic N) is 3. The van der Waals surface area contributed by atoms with Gasteiger partial charge in [0.2, 0.25) is 5.89 Å². The largest absolute Gasteiger partial charge is 0.338 e. The Morgan fingerprint density at radius 3 is 3.14 bits per heavy atom. The molecule has 118 valence electrons. The third-order valence-corrected chi connectivity index (χ3v) is 4.86. The number of piperazine rings is 1. The second kappa shape index (κ2) is 7.26. The van der Waals surface area contributed by atoms with Crippen molar-refractivity contribution in [1.29, 1.82) is 0 Å². The van der Waals surface area contributed by atoms with Gasteiger partial charge in [-0.15, -0.1) is 11.8 Å². The van der Waals surface area contributed by atoms with Crippen molar-refractivity contribution in [3.63, 3.8) is 0 Å². The molecule has 1 aromatic carbocycles. The minimum absolute atomic E-state index is 0.216. The molecule has 1 N–H and O–H groups in total. The lowest BCUT2D eigenvalue weighted by atomic mass is 10.2. The molecular weight excluding hydrogens is 296 g/mol. The molecule has 0 saturated carbocycles. The summed E-state index contributed by atoms with van der Waals surface area (Å²) in [7, 11) is 2.11. The maximum absolute atomic E-state index is 5.39. The van der Waals surface area contributed by atoms with Gasteiger partial charge in [-0.05, 0) is 19.5 Å². The van der Waals surface area contributed by atoms with Crippen LogP contribution in [0, 0.1) is 6.92 Å². The summed E-state index contributed by atoms with van der Waals surface area (Å²) in [5.74, 6) is 3.22. The summed E-state index contributed by atoms with van der Waals surface area (Å²) in [6.07, 6.45) is 0. The van der Waals surface area contributed by atoms with Crippen molar-refractivity contribution in [2.75, 3.05) is 26.7 Å². The molecule has 1 saturated heterocycles. The van der Waals surface area contributed by atoms with Gasteiger partial charge >= 0.3 is 0 Å². The molecule has 1 atom stereocenters. The molecule has 22 heavy (non-hydrogen) atoms. The second-order valence-corrected chi connectivity index (χ2v) is 6.71. The highest BCUT2D eigenvalue weighted by atomic mass is 32.2. The van der Waals surface area contributed by atoms with Crippen molar-refractivity contribution in [2.24, 2.45) is 0 Å². The molecule has 1 aliphatic heterocycles. The average molecular weight is 318 g/mol. The van der Waals surface area contributed by atoms with Crippen LogP contribution in [0.15, 0.2) is 28.8 Å². The number of hydrogen-bond acceptors (Lipinski definition) is 6. The summed E-state index contributed by atoms with van der Waals surface area (Å²) in [5.41, 5.74) is 2.63. The molecule has 1 unspecified atom stereocenters. The van der Waals surface area contributed by atoms with Crippen LogP contribution < -0.4 is 5.32 Å². The van der Waals surface area contributed by atoms with Gasteiger partial charge in [-0.3, -0.25) is 4.90 Å². The topological polar surface area (TPSA) is 54.2 Å². The van der Waals surface area contributed by atoms with Crippen LogP contribution in [-0.2, 0) is 11.5 Å². The lowest BCUT2D eigenvalue weighted by molar-refractivity contribution is 0.190. The molecular formula is C16H22N4OS. The van der Waals surface area contributed by atoms with Crippen LogP contribution in [0.2, 0.25) is 0 Å². The Hall–Kier alpha value is -1.37. The molecule has 0 amide bonds. The van der Waals surface area contributed by atoms with Crippen LogP contribution in [0.25, 0.3) is 0 Å². The zero-order chi connectivity index (χ0) is 15.4. The van der Waals surface area contributed by atoms with E-state index in [2.05, 4.69) is 58.6 Å². The van der Waals surface area contributed by atoms with Gasteiger partial charge < -0.3 is 9.84 Å². The minimum Gasteiger partial charge on any atom is -0.338 e. The first-order chi connectivity index (χ1) is 10.7. The molecule has 0 radical (unpaired) electrons. The molecule has 5 nitrogen and oxygen atoms in total. The monoisotopic (exact) mass is 318 g/mol. The zero-order valence-corrected chi connectivity index (χ0v) is 13.9. The van der Waals surface area contributed by atoms with E-state index in [1.807, 2.05) is 0 Å². The summed E-state index contributed by atoms with van der Waals surface area (Å²) >= 11 is 1.80. The van der Waals surface area contributed by atoms with Crippen LogP contribution in [0.1, 0.15) is 28.9 Å². The quantitative estimate of drug-likeness (QED) is 0.913. The van der Waals surface area contributed by atoms with Gasteiger partial charge in [0.05, 0.1) is 11.8 Å². The van der Waals surface area contributed by atoms with Crippen LogP contribution in [0.5, 0.6) is 0 Å². The number of aryl methyl sites for hydroxylation is 1. The highest BCUT2D eigenvalue weighted by Gasteiger charge is 2.25. The Kier molecular flexibility index (Phi) is 5.12. The summed E-state index contributed by atoms with van der Waals surface area (Å²) in [4.78, 5) is 6.82. The Morgan fingerprint density at radius 2 is 2.32 bits per heavy atom. The number of aromatic nitrogens is 2. The van der Waals surface area contributed by atoms with Crippen molar-refractivity contribution in [3.05, 3.63) is 47.1 Å². The number of rotatable bonds is 5. The van der Waals surface area contributed by atoms with Crippen LogP contribution >= 0.6 is 11.8 Å².